The molecule has 6 heteroatoms. The van der Waals surface area contributed by atoms with Crippen molar-refractivity contribution in [3.8, 4) is 5.75 Å². The highest BCUT2D eigenvalue weighted by molar-refractivity contribution is 5.98. The number of methoxy groups -OCH3 is 1. The summed E-state index contributed by atoms with van der Waals surface area (Å²) >= 11 is 0. The smallest absolute Gasteiger partial charge is 0.268 e. The molecule has 1 saturated heterocycles. The Labute approximate surface area is 147 Å². The second-order valence-electron chi connectivity index (χ2n) is 6.89. The van der Waals surface area contributed by atoms with Crippen molar-refractivity contribution in [2.75, 3.05) is 20.2 Å². The molecule has 0 saturated carbocycles. The monoisotopic (exact) mass is 343 g/mol. The topological polar surface area (TPSA) is 74.4 Å². The number of nitrogens with zero attached hydrogens (tertiary/aromatic N) is 1. The first-order valence-electron chi connectivity index (χ1n) is 8.74. The normalized spacial score (nSPS) is 17.8. The molecule has 2 amide bonds. The minimum absolute atomic E-state index is 0.00935. The predicted molar refractivity (Wildman–Crippen MR) is 96.8 cm³/mol. The Morgan fingerprint density at radius 2 is 2.12 bits per heavy atom. The number of rotatable bonds is 4. The van der Waals surface area contributed by atoms with E-state index in [-0.39, 0.29) is 23.8 Å². The first kappa shape index (κ1) is 17.3. The summed E-state index contributed by atoms with van der Waals surface area (Å²) in [7, 11) is 1.62. The van der Waals surface area contributed by atoms with Gasteiger partial charge in [0.25, 0.3) is 5.91 Å². The molecule has 2 heterocycles. The zero-order chi connectivity index (χ0) is 18.0. The molecule has 2 aromatic rings. The number of carbonyl (C=O) groups is 2. The van der Waals surface area contributed by atoms with Gasteiger partial charge in [-0.25, -0.2) is 0 Å². The van der Waals surface area contributed by atoms with Gasteiger partial charge in [-0.05, 0) is 31.0 Å². The van der Waals surface area contributed by atoms with Gasteiger partial charge in [-0.3, -0.25) is 9.59 Å². The van der Waals surface area contributed by atoms with E-state index in [1.807, 2.05) is 43.0 Å². The quantitative estimate of drug-likeness (QED) is 0.896. The van der Waals surface area contributed by atoms with Gasteiger partial charge in [-0.2, -0.15) is 0 Å². The maximum atomic E-state index is 12.6. The molecule has 134 valence electrons. The summed E-state index contributed by atoms with van der Waals surface area (Å²) in [6.45, 7) is 5.17. The molecule has 2 N–H and O–H groups in total. The van der Waals surface area contributed by atoms with Crippen LogP contribution in [0.1, 0.15) is 37.2 Å². The molecule has 6 nitrogen and oxygen atoms in total. The van der Waals surface area contributed by atoms with E-state index in [1.54, 1.807) is 7.11 Å². The molecule has 0 aliphatic carbocycles. The van der Waals surface area contributed by atoms with Crippen molar-refractivity contribution >= 4 is 22.7 Å². The molecule has 0 radical (unpaired) electrons. The summed E-state index contributed by atoms with van der Waals surface area (Å²) in [5, 5.41) is 4.02. The van der Waals surface area contributed by atoms with Crippen molar-refractivity contribution in [3.63, 3.8) is 0 Å². The number of nitrogens with one attached hydrogen (secondary N) is 2. The number of piperidine rings is 1. The van der Waals surface area contributed by atoms with Crippen LogP contribution in [0.4, 0.5) is 0 Å². The van der Waals surface area contributed by atoms with Crippen LogP contribution in [0.5, 0.6) is 5.75 Å². The van der Waals surface area contributed by atoms with Crippen molar-refractivity contribution in [3.05, 3.63) is 30.0 Å². The van der Waals surface area contributed by atoms with Crippen LogP contribution in [0, 0.1) is 5.92 Å². The summed E-state index contributed by atoms with van der Waals surface area (Å²) in [5.74, 6) is 0.741. The molecule has 25 heavy (non-hydrogen) atoms. The first-order valence-corrected chi connectivity index (χ1v) is 8.74. The maximum Gasteiger partial charge on any atom is 0.268 e. The number of ether oxygens (including phenoxy) is 1. The minimum Gasteiger partial charge on any atom is -0.497 e. The zero-order valence-electron chi connectivity index (χ0n) is 15.0. The van der Waals surface area contributed by atoms with Gasteiger partial charge >= 0.3 is 0 Å². The van der Waals surface area contributed by atoms with E-state index in [4.69, 9.17) is 4.74 Å². The number of likely N-dealkylation sites (tertiary alicyclic amines) is 1. The number of aromatic nitrogens is 1. The van der Waals surface area contributed by atoms with Crippen LogP contribution in [0.2, 0.25) is 0 Å². The predicted octanol–water partition coefficient (Wildman–Crippen LogP) is 2.55. The number of amides is 2. The molecular formula is C19H25N3O3. The first-order chi connectivity index (χ1) is 12.0. The maximum absolute atomic E-state index is 12.6. The highest BCUT2D eigenvalue weighted by atomic mass is 16.5. The summed E-state index contributed by atoms with van der Waals surface area (Å²) in [5.41, 5.74) is 1.39. The van der Waals surface area contributed by atoms with Gasteiger partial charge in [-0.1, -0.05) is 13.8 Å². The molecule has 1 aromatic carbocycles. The van der Waals surface area contributed by atoms with Gasteiger partial charge in [-0.15, -0.1) is 0 Å². The Morgan fingerprint density at radius 3 is 2.84 bits per heavy atom. The Kier molecular flexibility index (Phi) is 4.97. The van der Waals surface area contributed by atoms with Crippen LogP contribution in [-0.2, 0) is 4.79 Å². The lowest BCUT2D eigenvalue weighted by Gasteiger charge is -2.34. The average molecular weight is 343 g/mol. The fourth-order valence-electron chi connectivity index (χ4n) is 3.28. The van der Waals surface area contributed by atoms with Crippen LogP contribution in [0.3, 0.4) is 0 Å². The standard InChI is InChI=1S/C19H25N3O3/c1-12(2)19(24)22-8-4-5-14(11-22)20-18(23)17-9-13-6-7-15(25-3)10-16(13)21-17/h6-7,9-10,12,14,21H,4-5,8,11H2,1-3H3,(H,20,23)/t14-/m0/s1. The number of hydrogen-bond donors (Lipinski definition) is 2. The third-order valence-corrected chi connectivity index (χ3v) is 4.64. The van der Waals surface area contributed by atoms with Crippen molar-refractivity contribution in [2.45, 2.75) is 32.7 Å². The van der Waals surface area contributed by atoms with Crippen molar-refractivity contribution in [1.29, 1.82) is 0 Å². The Morgan fingerprint density at radius 1 is 1.32 bits per heavy atom. The summed E-state index contributed by atoms with van der Waals surface area (Å²) in [6, 6.07) is 7.49. The number of carbonyl (C=O) groups excluding carboxylic acids is 2. The molecule has 1 atom stereocenters. The largest absolute Gasteiger partial charge is 0.497 e. The molecule has 1 fully saturated rings. The number of aromatic amines is 1. The van der Waals surface area contributed by atoms with Crippen LogP contribution < -0.4 is 10.1 Å². The average Bonchev–Trinajstić information content (AvgIpc) is 3.04. The Bertz CT molecular complexity index is 781. The minimum atomic E-state index is -0.140. The van der Waals surface area contributed by atoms with Crippen molar-refractivity contribution in [1.82, 2.24) is 15.2 Å². The lowest BCUT2D eigenvalue weighted by atomic mass is 10.0. The number of fused-ring (bicyclic) bond motifs is 1. The molecule has 1 aliphatic heterocycles. The Balaban J connectivity index is 1.68. The van der Waals surface area contributed by atoms with Gasteiger partial charge in [0, 0.05) is 42.0 Å². The highest BCUT2D eigenvalue weighted by Crippen LogP contribution is 2.21. The lowest BCUT2D eigenvalue weighted by molar-refractivity contribution is -0.135. The second kappa shape index (κ2) is 7.17. The van der Waals surface area contributed by atoms with Crippen LogP contribution in [0.15, 0.2) is 24.3 Å². The van der Waals surface area contributed by atoms with Gasteiger partial charge in [0.2, 0.25) is 5.91 Å². The van der Waals surface area contributed by atoms with Gasteiger partial charge in [0.15, 0.2) is 0 Å². The lowest BCUT2D eigenvalue weighted by Crippen LogP contribution is -2.50. The molecule has 0 spiro atoms. The van der Waals surface area contributed by atoms with Crippen LogP contribution >= 0.6 is 0 Å². The van der Waals surface area contributed by atoms with E-state index in [0.717, 1.165) is 36.0 Å². The van der Waals surface area contributed by atoms with E-state index >= 15 is 0 Å². The fourth-order valence-corrected chi connectivity index (χ4v) is 3.28. The number of hydrogen-bond acceptors (Lipinski definition) is 3. The highest BCUT2D eigenvalue weighted by Gasteiger charge is 2.26. The van der Waals surface area contributed by atoms with Gasteiger partial charge in [0.05, 0.1) is 7.11 Å². The summed E-state index contributed by atoms with van der Waals surface area (Å²) < 4.78 is 5.21. The second-order valence-corrected chi connectivity index (χ2v) is 6.89. The summed E-state index contributed by atoms with van der Waals surface area (Å²) in [6.07, 6.45) is 1.80. The zero-order valence-corrected chi connectivity index (χ0v) is 15.0. The van der Waals surface area contributed by atoms with Crippen LogP contribution in [-0.4, -0.2) is 47.9 Å². The van der Waals surface area contributed by atoms with Crippen molar-refractivity contribution < 1.29 is 14.3 Å². The third-order valence-electron chi connectivity index (χ3n) is 4.64. The number of H-pyrrole nitrogens is 1. The Hall–Kier alpha value is -2.50. The van der Waals surface area contributed by atoms with Gasteiger partial charge < -0.3 is 19.9 Å². The van der Waals surface area contributed by atoms with E-state index in [1.165, 1.54) is 0 Å². The molecule has 1 aliphatic rings. The SMILES string of the molecule is COc1ccc2cc(C(=O)N[C@H]3CCCN(C(=O)C(C)C)C3)[nH]c2c1. The molecule has 1 aromatic heterocycles. The molecule has 0 unspecified atom stereocenters. The molecule has 3 rings (SSSR count). The fraction of sp³-hybridized carbons (Fsp3) is 0.474. The molecular weight excluding hydrogens is 318 g/mol. The molecule has 0 bridgehead atoms. The van der Waals surface area contributed by atoms with Gasteiger partial charge in [0.1, 0.15) is 11.4 Å². The van der Waals surface area contributed by atoms with Crippen LogP contribution in [0.25, 0.3) is 10.9 Å². The van der Waals surface area contributed by atoms with Crippen molar-refractivity contribution in [2.24, 2.45) is 5.92 Å². The van der Waals surface area contributed by atoms with E-state index in [9.17, 15) is 9.59 Å². The summed E-state index contributed by atoms with van der Waals surface area (Å²) in [4.78, 5) is 29.7. The number of benzene rings is 1. The van der Waals surface area contributed by atoms with E-state index in [0.29, 0.717) is 12.2 Å². The van der Waals surface area contributed by atoms with E-state index in [2.05, 4.69) is 10.3 Å². The third kappa shape index (κ3) is 3.78. The van der Waals surface area contributed by atoms with E-state index < -0.39 is 0 Å².